The monoisotopic (exact) mass is 463 g/mol. The highest BCUT2D eigenvalue weighted by Crippen LogP contribution is 2.45. The van der Waals surface area contributed by atoms with Crippen LogP contribution in [0, 0.1) is 13.8 Å². The number of rotatable bonds is 3. The maximum Gasteiger partial charge on any atom is 0.136 e. The molecule has 172 valence electrons. The molecule has 0 spiro atoms. The minimum Gasteiger partial charge on any atom is -0.456 e. The lowest BCUT2D eigenvalue weighted by molar-refractivity contribution is 0.664. The van der Waals surface area contributed by atoms with E-state index in [4.69, 9.17) is 4.42 Å². The fourth-order valence-electron chi connectivity index (χ4n) is 5.62. The SMILES string of the molecule is Cc1ccccc1N(c1ccccc1C)c1ccc2oc3cccc4cccc(c5cccc1c25)c43. The number of benzene rings is 6. The average Bonchev–Trinajstić information content (AvgIpc) is 3.05. The van der Waals surface area contributed by atoms with E-state index < -0.39 is 0 Å². The van der Waals surface area contributed by atoms with Crippen molar-refractivity contribution in [2.24, 2.45) is 0 Å². The van der Waals surface area contributed by atoms with Crippen LogP contribution in [-0.2, 0) is 0 Å². The lowest BCUT2D eigenvalue weighted by Gasteiger charge is -2.29. The molecule has 0 atom stereocenters. The zero-order chi connectivity index (χ0) is 24.2. The summed E-state index contributed by atoms with van der Waals surface area (Å²) in [6.45, 7) is 4.36. The summed E-state index contributed by atoms with van der Waals surface area (Å²) in [5.74, 6) is 0. The molecule has 1 aromatic heterocycles. The van der Waals surface area contributed by atoms with Gasteiger partial charge < -0.3 is 9.32 Å². The molecule has 7 rings (SSSR count). The van der Waals surface area contributed by atoms with Crippen molar-refractivity contribution in [2.75, 3.05) is 4.90 Å². The molecule has 0 radical (unpaired) electrons. The van der Waals surface area contributed by atoms with Crippen LogP contribution in [0.5, 0.6) is 0 Å². The Labute approximate surface area is 210 Å². The molecule has 0 aliphatic rings. The van der Waals surface area contributed by atoms with Gasteiger partial charge in [0.15, 0.2) is 0 Å². The number of fused-ring (bicyclic) bond motifs is 1. The highest BCUT2D eigenvalue weighted by Gasteiger charge is 2.20. The van der Waals surface area contributed by atoms with E-state index in [2.05, 4.69) is 134 Å². The van der Waals surface area contributed by atoms with Gasteiger partial charge in [-0.15, -0.1) is 0 Å². The fraction of sp³-hybridized carbons (Fsp3) is 0.0588. The molecule has 0 N–H and O–H groups in total. The summed E-state index contributed by atoms with van der Waals surface area (Å²) in [5.41, 5.74) is 7.74. The molecular weight excluding hydrogens is 438 g/mol. The number of hydrogen-bond acceptors (Lipinski definition) is 2. The van der Waals surface area contributed by atoms with E-state index in [-0.39, 0.29) is 0 Å². The normalized spacial score (nSPS) is 11.6. The molecule has 2 heteroatoms. The number of hydrogen-bond donors (Lipinski definition) is 0. The molecule has 36 heavy (non-hydrogen) atoms. The predicted octanol–water partition coefficient (Wildman–Crippen LogP) is 9.98. The summed E-state index contributed by atoms with van der Waals surface area (Å²) in [5, 5.41) is 7.08. The Kier molecular flexibility index (Phi) is 4.62. The minimum atomic E-state index is 0.891. The van der Waals surface area contributed by atoms with Crippen molar-refractivity contribution < 1.29 is 4.42 Å². The Balaban J connectivity index is 1.65. The lowest BCUT2D eigenvalue weighted by Crippen LogP contribution is -2.13. The Morgan fingerprint density at radius 3 is 1.69 bits per heavy atom. The van der Waals surface area contributed by atoms with E-state index in [0.717, 1.165) is 22.2 Å². The standard InChI is InChI=1S/C34H25NO/c1-22-10-3-5-17-28(22)35(29-18-6-4-11-23(29)2)30-20-21-32-34-26(15-9-16-27(30)34)25-14-7-12-24-13-8-19-31(36-32)33(24)25/h3-21H,1-2H3. The zero-order valence-electron chi connectivity index (χ0n) is 20.3. The van der Waals surface area contributed by atoms with Gasteiger partial charge in [-0.2, -0.15) is 0 Å². The number of nitrogens with zero attached hydrogens (tertiary/aromatic N) is 1. The van der Waals surface area contributed by atoms with Gasteiger partial charge >= 0.3 is 0 Å². The maximum atomic E-state index is 6.62. The van der Waals surface area contributed by atoms with Gasteiger partial charge in [-0.3, -0.25) is 0 Å². The summed E-state index contributed by atoms with van der Waals surface area (Å²) in [6, 6.07) is 41.0. The summed E-state index contributed by atoms with van der Waals surface area (Å²) in [4.78, 5) is 2.40. The second kappa shape index (κ2) is 8.00. The molecule has 6 aromatic carbocycles. The highest BCUT2D eigenvalue weighted by molar-refractivity contribution is 6.25. The predicted molar refractivity (Wildman–Crippen MR) is 153 cm³/mol. The third-order valence-electron chi connectivity index (χ3n) is 7.31. The first-order chi connectivity index (χ1) is 17.7. The molecule has 0 fully saturated rings. The van der Waals surface area contributed by atoms with Crippen LogP contribution in [0.25, 0.3) is 43.5 Å². The van der Waals surface area contributed by atoms with Gasteiger partial charge in [0.05, 0.1) is 5.69 Å². The summed E-state index contributed by atoms with van der Waals surface area (Å²) in [6.07, 6.45) is 0. The first kappa shape index (κ1) is 20.8. The Bertz CT molecular complexity index is 1880. The minimum absolute atomic E-state index is 0.891. The Morgan fingerprint density at radius 2 is 1.00 bits per heavy atom. The van der Waals surface area contributed by atoms with Crippen LogP contribution >= 0.6 is 0 Å². The van der Waals surface area contributed by atoms with Gasteiger partial charge in [0.1, 0.15) is 11.2 Å². The van der Waals surface area contributed by atoms with Crippen molar-refractivity contribution in [3.8, 4) is 0 Å². The third-order valence-corrected chi connectivity index (χ3v) is 7.31. The van der Waals surface area contributed by atoms with Crippen LogP contribution in [0.4, 0.5) is 17.1 Å². The van der Waals surface area contributed by atoms with E-state index in [1.165, 1.54) is 49.4 Å². The lowest BCUT2D eigenvalue weighted by atomic mass is 9.98. The summed E-state index contributed by atoms with van der Waals surface area (Å²) in [7, 11) is 0. The van der Waals surface area contributed by atoms with E-state index in [9.17, 15) is 0 Å². The number of para-hydroxylation sites is 2. The van der Waals surface area contributed by atoms with Crippen molar-refractivity contribution >= 4 is 60.5 Å². The summed E-state index contributed by atoms with van der Waals surface area (Å²) >= 11 is 0. The molecule has 2 nitrogen and oxygen atoms in total. The van der Waals surface area contributed by atoms with Crippen molar-refractivity contribution in [3.63, 3.8) is 0 Å². The molecular formula is C34H25NO. The van der Waals surface area contributed by atoms with E-state index in [1.54, 1.807) is 0 Å². The molecule has 0 amide bonds. The Morgan fingerprint density at radius 1 is 0.444 bits per heavy atom. The maximum absolute atomic E-state index is 6.62. The number of aryl methyl sites for hydroxylation is 2. The van der Waals surface area contributed by atoms with Crippen LogP contribution < -0.4 is 4.90 Å². The molecule has 0 aliphatic heterocycles. The largest absolute Gasteiger partial charge is 0.456 e. The van der Waals surface area contributed by atoms with Crippen LogP contribution in [0.3, 0.4) is 0 Å². The van der Waals surface area contributed by atoms with Gasteiger partial charge in [-0.05, 0) is 71.5 Å². The zero-order valence-corrected chi connectivity index (χ0v) is 20.3. The van der Waals surface area contributed by atoms with Gasteiger partial charge in [-0.25, -0.2) is 0 Å². The van der Waals surface area contributed by atoms with Crippen LogP contribution in [0.1, 0.15) is 11.1 Å². The molecule has 0 bridgehead atoms. The fourth-order valence-corrected chi connectivity index (χ4v) is 5.62. The van der Waals surface area contributed by atoms with Crippen LogP contribution in [0.2, 0.25) is 0 Å². The topological polar surface area (TPSA) is 16.4 Å². The molecule has 0 aliphatic carbocycles. The summed E-state index contributed by atoms with van der Waals surface area (Å²) < 4.78 is 6.62. The van der Waals surface area contributed by atoms with Crippen molar-refractivity contribution in [2.45, 2.75) is 13.8 Å². The second-order valence-electron chi connectivity index (χ2n) is 9.48. The van der Waals surface area contributed by atoms with Gasteiger partial charge in [0.25, 0.3) is 0 Å². The molecule has 7 aromatic rings. The first-order valence-electron chi connectivity index (χ1n) is 12.4. The Hall–Kier alpha value is -4.56. The smallest absolute Gasteiger partial charge is 0.136 e. The molecule has 0 saturated heterocycles. The first-order valence-corrected chi connectivity index (χ1v) is 12.4. The van der Waals surface area contributed by atoms with Gasteiger partial charge in [0, 0.05) is 27.5 Å². The van der Waals surface area contributed by atoms with Crippen LogP contribution in [-0.4, -0.2) is 0 Å². The van der Waals surface area contributed by atoms with E-state index in [0.29, 0.717) is 0 Å². The number of anilines is 3. The van der Waals surface area contributed by atoms with Gasteiger partial charge in [0.2, 0.25) is 0 Å². The van der Waals surface area contributed by atoms with Crippen LogP contribution in [0.15, 0.2) is 120 Å². The molecule has 1 heterocycles. The quantitative estimate of drug-likeness (QED) is 0.259. The van der Waals surface area contributed by atoms with Gasteiger partial charge in [-0.1, -0.05) is 84.9 Å². The van der Waals surface area contributed by atoms with Crippen molar-refractivity contribution in [1.82, 2.24) is 0 Å². The molecule has 0 saturated carbocycles. The average molecular weight is 464 g/mol. The third kappa shape index (κ3) is 3.04. The van der Waals surface area contributed by atoms with E-state index >= 15 is 0 Å². The second-order valence-corrected chi connectivity index (χ2v) is 9.48. The molecule has 0 unspecified atom stereocenters. The van der Waals surface area contributed by atoms with Crippen molar-refractivity contribution in [3.05, 3.63) is 126 Å². The highest BCUT2D eigenvalue weighted by atomic mass is 16.3. The van der Waals surface area contributed by atoms with E-state index in [1.807, 2.05) is 0 Å². The van der Waals surface area contributed by atoms with Crippen molar-refractivity contribution in [1.29, 1.82) is 0 Å².